The molecule has 0 spiro atoms. The predicted molar refractivity (Wildman–Crippen MR) is 106 cm³/mol. The van der Waals surface area contributed by atoms with Crippen molar-refractivity contribution < 1.29 is 9.72 Å². The quantitative estimate of drug-likeness (QED) is 0.423. The second-order valence-electron chi connectivity index (χ2n) is 6.43. The van der Waals surface area contributed by atoms with Crippen molar-refractivity contribution >= 4 is 22.9 Å². The van der Waals surface area contributed by atoms with Crippen LogP contribution in [0.1, 0.15) is 15.9 Å². The molecule has 0 aliphatic heterocycles. The van der Waals surface area contributed by atoms with Crippen LogP contribution in [0.15, 0.2) is 73.1 Å². The second kappa shape index (κ2) is 6.96. The van der Waals surface area contributed by atoms with Crippen LogP contribution in [0.4, 0.5) is 11.4 Å². The highest BCUT2D eigenvalue weighted by atomic mass is 16.6. The summed E-state index contributed by atoms with van der Waals surface area (Å²) in [5, 5.41) is 13.5. The molecule has 2 aromatic heterocycles. The van der Waals surface area contributed by atoms with Gasteiger partial charge in [-0.25, -0.2) is 4.98 Å². The number of benzene rings is 2. The fourth-order valence-corrected chi connectivity index (χ4v) is 2.90. The minimum absolute atomic E-state index is 0.0523. The predicted octanol–water partition coefficient (Wildman–Crippen LogP) is 4.47. The van der Waals surface area contributed by atoms with Crippen LogP contribution in [0.3, 0.4) is 0 Å². The Morgan fingerprint density at radius 2 is 1.71 bits per heavy atom. The topological polar surface area (TPSA) is 89.5 Å². The molecule has 0 saturated carbocycles. The van der Waals surface area contributed by atoms with Gasteiger partial charge in [-0.3, -0.25) is 14.9 Å². The Morgan fingerprint density at radius 3 is 2.39 bits per heavy atom. The molecule has 1 N–H and O–H groups in total. The molecular weight excluding hydrogens is 356 g/mol. The molecule has 0 unspecified atom stereocenters. The largest absolute Gasteiger partial charge is 0.322 e. The van der Waals surface area contributed by atoms with Crippen LogP contribution < -0.4 is 5.32 Å². The summed E-state index contributed by atoms with van der Waals surface area (Å²) in [4.78, 5) is 27.1. The first kappa shape index (κ1) is 17.4. The van der Waals surface area contributed by atoms with Crippen LogP contribution in [-0.2, 0) is 0 Å². The molecule has 0 aliphatic carbocycles. The lowest BCUT2D eigenvalue weighted by Gasteiger charge is -2.06. The third-order valence-electron chi connectivity index (χ3n) is 4.38. The maximum atomic E-state index is 12.3. The Hall–Kier alpha value is -4.00. The third-order valence-corrected chi connectivity index (χ3v) is 4.38. The number of imidazole rings is 1. The lowest BCUT2D eigenvalue weighted by Crippen LogP contribution is -2.11. The standard InChI is InChI=1S/C21H16N4O3/c1-14-2-11-20-23-19(13-24(20)12-14)15-3-7-17(8-4-15)22-21(26)16-5-9-18(10-6-16)25(27)28/h2-13H,1H3,(H,22,26). The van der Waals surface area contributed by atoms with Gasteiger partial charge >= 0.3 is 0 Å². The number of non-ortho nitro benzene ring substituents is 1. The number of pyridine rings is 1. The van der Waals surface area contributed by atoms with E-state index in [9.17, 15) is 14.9 Å². The molecule has 0 bridgehead atoms. The Morgan fingerprint density at radius 1 is 1.00 bits per heavy atom. The van der Waals surface area contributed by atoms with Gasteiger partial charge in [0, 0.05) is 41.3 Å². The molecule has 4 rings (SSSR count). The molecule has 4 aromatic rings. The Bertz CT molecular complexity index is 1180. The molecule has 0 saturated heterocycles. The summed E-state index contributed by atoms with van der Waals surface area (Å²) >= 11 is 0. The van der Waals surface area contributed by atoms with Gasteiger partial charge < -0.3 is 9.72 Å². The number of rotatable bonds is 4. The van der Waals surface area contributed by atoms with E-state index in [0.717, 1.165) is 22.5 Å². The second-order valence-corrected chi connectivity index (χ2v) is 6.43. The van der Waals surface area contributed by atoms with E-state index in [2.05, 4.69) is 10.3 Å². The number of carbonyl (C=O) groups is 1. The van der Waals surface area contributed by atoms with Crippen molar-refractivity contribution in [1.82, 2.24) is 9.38 Å². The van der Waals surface area contributed by atoms with Gasteiger partial charge in [0.2, 0.25) is 0 Å². The number of anilines is 1. The smallest absolute Gasteiger partial charge is 0.269 e. The number of nitrogens with one attached hydrogen (secondary N) is 1. The van der Waals surface area contributed by atoms with Gasteiger partial charge in [-0.15, -0.1) is 0 Å². The molecular formula is C21H16N4O3. The normalized spacial score (nSPS) is 10.8. The van der Waals surface area contributed by atoms with Crippen molar-refractivity contribution in [3.8, 4) is 11.3 Å². The number of hydrogen-bond acceptors (Lipinski definition) is 4. The summed E-state index contributed by atoms with van der Waals surface area (Å²) in [7, 11) is 0. The van der Waals surface area contributed by atoms with Crippen molar-refractivity contribution in [3.05, 3.63) is 94.3 Å². The van der Waals surface area contributed by atoms with Gasteiger partial charge in [0.05, 0.1) is 10.6 Å². The van der Waals surface area contributed by atoms with E-state index < -0.39 is 4.92 Å². The molecule has 7 nitrogen and oxygen atoms in total. The SMILES string of the molecule is Cc1ccc2nc(-c3ccc(NC(=O)c4ccc([N+](=O)[O-])cc4)cc3)cn2c1. The van der Waals surface area contributed by atoms with Gasteiger partial charge in [-0.05, 0) is 42.8 Å². The van der Waals surface area contributed by atoms with E-state index in [0.29, 0.717) is 11.3 Å². The van der Waals surface area contributed by atoms with E-state index in [1.54, 1.807) is 12.1 Å². The Kier molecular flexibility index (Phi) is 4.33. The highest BCUT2D eigenvalue weighted by Crippen LogP contribution is 2.22. The number of nitro groups is 1. The van der Waals surface area contributed by atoms with Crippen molar-refractivity contribution in [2.24, 2.45) is 0 Å². The van der Waals surface area contributed by atoms with Crippen molar-refractivity contribution in [2.75, 3.05) is 5.32 Å². The van der Waals surface area contributed by atoms with E-state index in [1.807, 2.05) is 48.0 Å². The number of aryl methyl sites for hydroxylation is 1. The lowest BCUT2D eigenvalue weighted by molar-refractivity contribution is -0.384. The van der Waals surface area contributed by atoms with Gasteiger partial charge in [0.1, 0.15) is 5.65 Å². The summed E-state index contributed by atoms with van der Waals surface area (Å²) in [5.74, 6) is -0.328. The molecule has 2 heterocycles. The fraction of sp³-hybridized carbons (Fsp3) is 0.0476. The Balaban J connectivity index is 1.50. The van der Waals surface area contributed by atoms with Crippen molar-refractivity contribution in [1.29, 1.82) is 0 Å². The highest BCUT2D eigenvalue weighted by molar-refractivity contribution is 6.04. The molecule has 2 aromatic carbocycles. The summed E-state index contributed by atoms with van der Waals surface area (Å²) < 4.78 is 1.98. The van der Waals surface area contributed by atoms with Crippen LogP contribution >= 0.6 is 0 Å². The third kappa shape index (κ3) is 3.45. The zero-order valence-corrected chi connectivity index (χ0v) is 15.0. The number of aromatic nitrogens is 2. The van der Waals surface area contributed by atoms with Crippen LogP contribution in [0.2, 0.25) is 0 Å². The summed E-state index contributed by atoms with van der Waals surface area (Å²) in [6.07, 6.45) is 3.98. The fourth-order valence-electron chi connectivity index (χ4n) is 2.90. The maximum absolute atomic E-state index is 12.3. The van der Waals surface area contributed by atoms with E-state index >= 15 is 0 Å². The molecule has 1 amide bonds. The zero-order valence-electron chi connectivity index (χ0n) is 15.0. The average molecular weight is 372 g/mol. The molecule has 0 aliphatic rings. The van der Waals surface area contributed by atoms with E-state index in [-0.39, 0.29) is 11.6 Å². The van der Waals surface area contributed by atoms with Gasteiger partial charge in [0.15, 0.2) is 0 Å². The lowest BCUT2D eigenvalue weighted by atomic mass is 10.1. The van der Waals surface area contributed by atoms with Crippen LogP contribution in [0.25, 0.3) is 16.9 Å². The van der Waals surface area contributed by atoms with Crippen molar-refractivity contribution in [2.45, 2.75) is 6.92 Å². The van der Waals surface area contributed by atoms with Gasteiger partial charge in [-0.1, -0.05) is 18.2 Å². The van der Waals surface area contributed by atoms with E-state index in [1.165, 1.54) is 24.3 Å². The number of carbonyl (C=O) groups excluding carboxylic acids is 1. The average Bonchev–Trinajstić information content (AvgIpc) is 3.11. The van der Waals surface area contributed by atoms with Gasteiger partial charge in [0.25, 0.3) is 11.6 Å². The summed E-state index contributed by atoms with van der Waals surface area (Å²) in [5.41, 5.74) is 4.74. The summed E-state index contributed by atoms with van der Waals surface area (Å²) in [6, 6.07) is 16.8. The zero-order chi connectivity index (χ0) is 19.7. The number of amides is 1. The molecule has 0 radical (unpaired) electrons. The number of fused-ring (bicyclic) bond motifs is 1. The van der Waals surface area contributed by atoms with E-state index in [4.69, 9.17) is 0 Å². The van der Waals surface area contributed by atoms with Crippen LogP contribution in [-0.4, -0.2) is 20.2 Å². The molecule has 0 atom stereocenters. The summed E-state index contributed by atoms with van der Waals surface area (Å²) in [6.45, 7) is 2.03. The molecule has 7 heteroatoms. The van der Waals surface area contributed by atoms with Crippen molar-refractivity contribution in [3.63, 3.8) is 0 Å². The number of nitrogens with zero attached hydrogens (tertiary/aromatic N) is 3. The first-order chi connectivity index (χ1) is 13.5. The molecule has 0 fully saturated rings. The minimum Gasteiger partial charge on any atom is -0.322 e. The van der Waals surface area contributed by atoms with Crippen LogP contribution in [0.5, 0.6) is 0 Å². The molecule has 28 heavy (non-hydrogen) atoms. The monoisotopic (exact) mass is 372 g/mol. The Labute approximate surface area is 160 Å². The first-order valence-electron chi connectivity index (χ1n) is 8.61. The molecule has 138 valence electrons. The number of hydrogen-bond donors (Lipinski definition) is 1. The minimum atomic E-state index is -0.499. The number of nitro benzene ring substituents is 1. The van der Waals surface area contributed by atoms with Crippen LogP contribution in [0, 0.1) is 17.0 Å². The first-order valence-corrected chi connectivity index (χ1v) is 8.61. The highest BCUT2D eigenvalue weighted by Gasteiger charge is 2.10. The van der Waals surface area contributed by atoms with Gasteiger partial charge in [-0.2, -0.15) is 0 Å². The maximum Gasteiger partial charge on any atom is 0.269 e.